The molecule has 26 heavy (non-hydrogen) atoms. The lowest BCUT2D eigenvalue weighted by Crippen LogP contribution is -2.23. The molecule has 0 aromatic heterocycles. The van der Waals surface area contributed by atoms with Gasteiger partial charge in [-0.2, -0.15) is 8.42 Å². The molecule has 0 saturated carbocycles. The molecule has 1 aromatic carbocycles. The van der Waals surface area contributed by atoms with Crippen LogP contribution in [0.1, 0.15) is 96.5 Å². The van der Waals surface area contributed by atoms with Crippen molar-refractivity contribution in [3.05, 3.63) is 29.8 Å². The molecule has 0 bridgehead atoms. The molecular weight excluding hydrogens is 344 g/mol. The minimum absolute atomic E-state index is 0.443. The fourth-order valence-electron chi connectivity index (χ4n) is 3.10. The number of hydrogen-bond donors (Lipinski definition) is 0. The first-order valence-corrected chi connectivity index (χ1v) is 11.9. The first-order chi connectivity index (χ1) is 12.5. The van der Waals surface area contributed by atoms with Gasteiger partial charge in [-0.15, -0.1) is 0 Å². The predicted octanol–water partition coefficient (Wildman–Crippen LogP) is 6.79. The molecule has 0 spiro atoms. The van der Waals surface area contributed by atoms with E-state index in [0.29, 0.717) is 12.2 Å². The minimum atomic E-state index is -3.55. The SMILES string of the molecule is CCCCCCCCCCCCCC(C)S(=O)(=O)Oc1ccccc1C. The largest absolute Gasteiger partial charge is 0.382 e. The van der Waals surface area contributed by atoms with E-state index in [4.69, 9.17) is 4.18 Å². The topological polar surface area (TPSA) is 43.4 Å². The van der Waals surface area contributed by atoms with E-state index in [1.54, 1.807) is 19.1 Å². The fraction of sp³-hybridized carbons (Fsp3) is 0.727. The van der Waals surface area contributed by atoms with Gasteiger partial charge in [0.25, 0.3) is 0 Å². The summed E-state index contributed by atoms with van der Waals surface area (Å²) in [5.74, 6) is 0.443. The van der Waals surface area contributed by atoms with E-state index in [2.05, 4.69) is 6.92 Å². The fourth-order valence-corrected chi connectivity index (χ4v) is 4.15. The summed E-state index contributed by atoms with van der Waals surface area (Å²) in [5.41, 5.74) is 0.845. The molecule has 0 aliphatic carbocycles. The Morgan fingerprint density at radius 3 is 1.88 bits per heavy atom. The second-order valence-electron chi connectivity index (χ2n) is 7.48. The lowest BCUT2D eigenvalue weighted by atomic mass is 10.0. The Kier molecular flexibility index (Phi) is 11.7. The van der Waals surface area contributed by atoms with E-state index in [1.807, 2.05) is 19.1 Å². The van der Waals surface area contributed by atoms with Crippen molar-refractivity contribution >= 4 is 10.1 Å². The number of benzene rings is 1. The van der Waals surface area contributed by atoms with Crippen LogP contribution >= 0.6 is 0 Å². The molecule has 4 heteroatoms. The van der Waals surface area contributed by atoms with Gasteiger partial charge in [0.15, 0.2) is 0 Å². The maximum atomic E-state index is 12.3. The first kappa shape index (κ1) is 23.0. The van der Waals surface area contributed by atoms with Crippen LogP contribution in [0.3, 0.4) is 0 Å². The molecule has 150 valence electrons. The number of hydrogen-bond acceptors (Lipinski definition) is 3. The zero-order valence-corrected chi connectivity index (χ0v) is 17.8. The number of aryl methyl sites for hydroxylation is 1. The molecule has 0 aliphatic rings. The molecule has 0 saturated heterocycles. The Bertz CT molecular complexity index is 581. The van der Waals surface area contributed by atoms with Gasteiger partial charge >= 0.3 is 10.1 Å². The van der Waals surface area contributed by atoms with Gasteiger partial charge in [-0.3, -0.25) is 0 Å². The summed E-state index contributed by atoms with van der Waals surface area (Å²) < 4.78 is 30.0. The molecule has 0 radical (unpaired) electrons. The van der Waals surface area contributed by atoms with Crippen molar-refractivity contribution in [3.8, 4) is 5.75 Å². The third kappa shape index (κ3) is 9.61. The Morgan fingerprint density at radius 2 is 1.35 bits per heavy atom. The van der Waals surface area contributed by atoms with Gasteiger partial charge < -0.3 is 4.18 Å². The lowest BCUT2D eigenvalue weighted by Gasteiger charge is -2.14. The lowest BCUT2D eigenvalue weighted by molar-refractivity contribution is 0.463. The second kappa shape index (κ2) is 13.2. The molecular formula is C22H38O3S. The van der Waals surface area contributed by atoms with Crippen LogP contribution < -0.4 is 4.18 Å². The summed E-state index contributed by atoms with van der Waals surface area (Å²) in [6, 6.07) is 7.25. The zero-order valence-electron chi connectivity index (χ0n) is 17.0. The summed E-state index contributed by atoms with van der Waals surface area (Å²) in [7, 11) is -3.55. The van der Waals surface area contributed by atoms with Gasteiger partial charge in [-0.1, -0.05) is 95.8 Å². The van der Waals surface area contributed by atoms with Crippen LogP contribution in [0.25, 0.3) is 0 Å². The Hall–Kier alpha value is -1.03. The van der Waals surface area contributed by atoms with Gasteiger partial charge in [0.1, 0.15) is 5.75 Å². The summed E-state index contributed by atoms with van der Waals surface area (Å²) in [6.45, 7) is 5.87. The van der Waals surface area contributed by atoms with Crippen LogP contribution in [0, 0.1) is 6.92 Å². The van der Waals surface area contributed by atoms with Crippen molar-refractivity contribution in [2.45, 2.75) is 103 Å². The average Bonchev–Trinajstić information content (AvgIpc) is 2.61. The highest BCUT2D eigenvalue weighted by molar-refractivity contribution is 7.87. The average molecular weight is 383 g/mol. The molecule has 1 aromatic rings. The summed E-state index contributed by atoms with van der Waals surface area (Å²) >= 11 is 0. The van der Waals surface area contributed by atoms with Crippen LogP contribution in [0.5, 0.6) is 5.75 Å². The van der Waals surface area contributed by atoms with Gasteiger partial charge in [0.2, 0.25) is 0 Å². The highest BCUT2D eigenvalue weighted by atomic mass is 32.2. The maximum absolute atomic E-state index is 12.3. The molecule has 0 amide bonds. The third-order valence-corrected chi connectivity index (χ3v) is 6.64. The Labute approximate surface area is 161 Å². The van der Waals surface area contributed by atoms with Gasteiger partial charge in [-0.05, 0) is 31.9 Å². The van der Waals surface area contributed by atoms with Gasteiger partial charge in [0.05, 0.1) is 5.25 Å². The van der Waals surface area contributed by atoms with Crippen LogP contribution in [-0.4, -0.2) is 13.7 Å². The van der Waals surface area contributed by atoms with Crippen molar-refractivity contribution in [1.82, 2.24) is 0 Å². The van der Waals surface area contributed by atoms with Crippen molar-refractivity contribution in [3.63, 3.8) is 0 Å². The monoisotopic (exact) mass is 382 g/mol. The number of para-hydroxylation sites is 1. The Morgan fingerprint density at radius 1 is 0.846 bits per heavy atom. The highest BCUT2D eigenvalue weighted by Crippen LogP contribution is 2.22. The summed E-state index contributed by atoms with van der Waals surface area (Å²) in [5, 5.41) is -0.458. The molecule has 0 N–H and O–H groups in total. The second-order valence-corrected chi connectivity index (χ2v) is 9.43. The highest BCUT2D eigenvalue weighted by Gasteiger charge is 2.23. The van der Waals surface area contributed by atoms with E-state index in [0.717, 1.165) is 18.4 Å². The predicted molar refractivity (Wildman–Crippen MR) is 111 cm³/mol. The van der Waals surface area contributed by atoms with Crippen LogP contribution in [-0.2, 0) is 10.1 Å². The van der Waals surface area contributed by atoms with E-state index < -0.39 is 15.4 Å². The van der Waals surface area contributed by atoms with E-state index in [9.17, 15) is 8.42 Å². The third-order valence-electron chi connectivity index (χ3n) is 5.01. The van der Waals surface area contributed by atoms with Crippen molar-refractivity contribution < 1.29 is 12.6 Å². The quantitative estimate of drug-likeness (QED) is 0.248. The summed E-state index contributed by atoms with van der Waals surface area (Å²) in [6.07, 6.45) is 14.7. The standard InChI is InChI=1S/C22H38O3S/c1-4-5-6-7-8-9-10-11-12-13-14-18-21(3)26(23,24)25-22-19-16-15-17-20(22)2/h15-17,19,21H,4-14,18H2,1-3H3. The molecule has 3 nitrogen and oxygen atoms in total. The molecule has 1 rings (SSSR count). The zero-order chi connectivity index (χ0) is 19.3. The molecule has 1 atom stereocenters. The van der Waals surface area contributed by atoms with E-state index in [-0.39, 0.29) is 0 Å². The smallest absolute Gasteiger partial charge is 0.311 e. The van der Waals surface area contributed by atoms with E-state index >= 15 is 0 Å². The Balaban J connectivity index is 2.12. The number of unbranched alkanes of at least 4 members (excludes halogenated alkanes) is 10. The van der Waals surface area contributed by atoms with E-state index in [1.165, 1.54) is 57.8 Å². The van der Waals surface area contributed by atoms with Crippen LogP contribution in [0.2, 0.25) is 0 Å². The van der Waals surface area contributed by atoms with Crippen molar-refractivity contribution in [2.75, 3.05) is 0 Å². The number of rotatable bonds is 15. The normalized spacial score (nSPS) is 12.9. The molecule has 0 heterocycles. The maximum Gasteiger partial charge on any atom is 0.311 e. The molecule has 0 aliphatic heterocycles. The van der Waals surface area contributed by atoms with Gasteiger partial charge in [-0.25, -0.2) is 0 Å². The van der Waals surface area contributed by atoms with Crippen molar-refractivity contribution in [1.29, 1.82) is 0 Å². The van der Waals surface area contributed by atoms with Crippen LogP contribution in [0.15, 0.2) is 24.3 Å². The summed E-state index contributed by atoms with van der Waals surface area (Å²) in [4.78, 5) is 0. The molecule has 0 fully saturated rings. The first-order valence-electron chi connectivity index (χ1n) is 10.5. The van der Waals surface area contributed by atoms with Gasteiger partial charge in [0, 0.05) is 0 Å². The van der Waals surface area contributed by atoms with Crippen LogP contribution in [0.4, 0.5) is 0 Å². The minimum Gasteiger partial charge on any atom is -0.382 e. The van der Waals surface area contributed by atoms with Crippen molar-refractivity contribution in [2.24, 2.45) is 0 Å². The molecule has 1 unspecified atom stereocenters.